The molecule has 0 aromatic heterocycles. The van der Waals surface area contributed by atoms with Gasteiger partial charge < -0.3 is 0 Å². The van der Waals surface area contributed by atoms with Crippen LogP contribution in [0.1, 0.15) is 106 Å². The van der Waals surface area contributed by atoms with Crippen molar-refractivity contribution in [2.75, 3.05) is 0 Å². The zero-order chi connectivity index (χ0) is 18.6. The van der Waals surface area contributed by atoms with E-state index in [4.69, 9.17) is 0 Å². The molecule has 0 N–H and O–H groups in total. The van der Waals surface area contributed by atoms with Gasteiger partial charge in [-0.2, -0.15) is 0 Å². The van der Waals surface area contributed by atoms with E-state index >= 15 is 0 Å². The monoisotopic (exact) mass is 348 g/mol. The number of hydrogen-bond acceptors (Lipinski definition) is 1. The fraction of sp³-hybridized carbons (Fsp3) is 0.958. The molecule has 0 amide bonds. The third kappa shape index (κ3) is 3.86. The molecular formula is C24H44O. The minimum absolute atomic E-state index is 0.335. The van der Waals surface area contributed by atoms with Crippen molar-refractivity contribution >= 4 is 5.78 Å². The summed E-state index contributed by atoms with van der Waals surface area (Å²) in [5.41, 5.74) is 0.335. The van der Waals surface area contributed by atoms with Crippen LogP contribution in [0.5, 0.6) is 0 Å². The molecule has 3 rings (SSSR count). The Bertz CT molecular complexity index is 428. The Morgan fingerprint density at radius 3 is 2.20 bits per heavy atom. The van der Waals surface area contributed by atoms with Crippen LogP contribution in [-0.4, -0.2) is 5.78 Å². The molecule has 3 aliphatic rings. The van der Waals surface area contributed by atoms with E-state index in [1.54, 1.807) is 0 Å². The molecule has 146 valence electrons. The van der Waals surface area contributed by atoms with Crippen LogP contribution < -0.4 is 0 Å². The molecule has 0 aromatic carbocycles. The standard InChI is InChI=1S/C22H38O.C2H6/c1-5-7-16-9-10-19-18(17(16)8-6-2)13-14-22(4)20(15(3)23)11-12-21(19)22;1-2/h16-21H,5-14H2,1-4H3;1-2H3. The van der Waals surface area contributed by atoms with Gasteiger partial charge in [-0.05, 0) is 80.5 Å². The summed E-state index contributed by atoms with van der Waals surface area (Å²) in [6.07, 6.45) is 13.8. The molecule has 3 fully saturated rings. The average Bonchev–Trinajstić information content (AvgIpc) is 2.96. The zero-order valence-electron chi connectivity index (χ0n) is 17.9. The summed E-state index contributed by atoms with van der Waals surface area (Å²) in [5, 5.41) is 0. The third-order valence-electron chi connectivity index (χ3n) is 8.29. The highest BCUT2D eigenvalue weighted by atomic mass is 16.1. The summed E-state index contributed by atoms with van der Waals surface area (Å²) in [5.74, 6) is 5.57. The lowest BCUT2D eigenvalue weighted by molar-refractivity contribution is -0.127. The molecule has 0 radical (unpaired) electrons. The lowest BCUT2D eigenvalue weighted by atomic mass is 9.50. The molecule has 3 aliphatic carbocycles. The van der Waals surface area contributed by atoms with E-state index in [-0.39, 0.29) is 0 Å². The number of carbonyl (C=O) groups excluding carboxylic acids is 1. The second kappa shape index (κ2) is 9.05. The Kier molecular flexibility index (Phi) is 7.59. The SMILES string of the molecule is CC.CCCC1CCC2C(CCC3(C)C(C(C)=O)CCC23)C1CCC. The molecule has 7 unspecified atom stereocenters. The fourth-order valence-corrected chi connectivity index (χ4v) is 7.41. The smallest absolute Gasteiger partial charge is 0.133 e. The Hall–Kier alpha value is -0.330. The van der Waals surface area contributed by atoms with Crippen LogP contribution in [-0.2, 0) is 4.79 Å². The van der Waals surface area contributed by atoms with Gasteiger partial charge >= 0.3 is 0 Å². The second-order valence-electron chi connectivity index (χ2n) is 9.30. The van der Waals surface area contributed by atoms with Crippen LogP contribution in [0.2, 0.25) is 0 Å². The van der Waals surface area contributed by atoms with E-state index in [0.717, 1.165) is 29.6 Å². The van der Waals surface area contributed by atoms with Crippen molar-refractivity contribution < 1.29 is 4.79 Å². The molecule has 0 bridgehead atoms. The van der Waals surface area contributed by atoms with Crippen molar-refractivity contribution in [1.29, 1.82) is 0 Å². The minimum Gasteiger partial charge on any atom is -0.300 e. The van der Waals surface area contributed by atoms with Gasteiger partial charge in [-0.1, -0.05) is 60.3 Å². The van der Waals surface area contributed by atoms with Crippen LogP contribution >= 0.6 is 0 Å². The van der Waals surface area contributed by atoms with E-state index in [9.17, 15) is 4.79 Å². The Balaban J connectivity index is 0.00000109. The highest BCUT2D eigenvalue weighted by molar-refractivity contribution is 5.79. The molecule has 0 aromatic rings. The Labute approximate surface area is 157 Å². The topological polar surface area (TPSA) is 17.1 Å². The number of rotatable bonds is 5. The van der Waals surface area contributed by atoms with Crippen LogP contribution in [0.25, 0.3) is 0 Å². The zero-order valence-corrected chi connectivity index (χ0v) is 17.9. The lowest BCUT2D eigenvalue weighted by Crippen LogP contribution is -2.48. The van der Waals surface area contributed by atoms with Gasteiger partial charge in [0, 0.05) is 5.92 Å². The first-order valence-electron chi connectivity index (χ1n) is 11.5. The molecule has 0 spiro atoms. The maximum atomic E-state index is 12.2. The molecule has 0 aliphatic heterocycles. The molecule has 1 heteroatoms. The number of Topliss-reactive ketones (excluding diaryl/α,β-unsaturated/α-hetero) is 1. The summed E-state index contributed by atoms with van der Waals surface area (Å²) in [7, 11) is 0. The first kappa shape index (κ1) is 21.0. The van der Waals surface area contributed by atoms with Gasteiger partial charge in [0.25, 0.3) is 0 Å². The first-order chi connectivity index (χ1) is 12.0. The normalized spacial score (nSPS) is 42.8. The summed E-state index contributed by atoms with van der Waals surface area (Å²) in [4.78, 5) is 12.2. The van der Waals surface area contributed by atoms with Gasteiger partial charge in [-0.3, -0.25) is 4.79 Å². The van der Waals surface area contributed by atoms with Gasteiger partial charge in [-0.15, -0.1) is 0 Å². The predicted octanol–water partition coefficient (Wildman–Crippen LogP) is 7.29. The van der Waals surface area contributed by atoms with E-state index in [0.29, 0.717) is 17.1 Å². The van der Waals surface area contributed by atoms with Gasteiger partial charge in [0.1, 0.15) is 5.78 Å². The summed E-state index contributed by atoms with van der Waals surface area (Å²) < 4.78 is 0. The molecule has 3 saturated carbocycles. The van der Waals surface area contributed by atoms with Crippen molar-refractivity contribution in [1.82, 2.24) is 0 Å². The first-order valence-corrected chi connectivity index (χ1v) is 11.5. The third-order valence-corrected chi connectivity index (χ3v) is 8.29. The van der Waals surface area contributed by atoms with E-state index < -0.39 is 0 Å². The van der Waals surface area contributed by atoms with E-state index in [1.165, 1.54) is 64.2 Å². The van der Waals surface area contributed by atoms with Gasteiger partial charge in [0.05, 0.1) is 0 Å². The molecule has 0 heterocycles. The van der Waals surface area contributed by atoms with Gasteiger partial charge in [-0.25, -0.2) is 0 Å². The summed E-state index contributed by atoms with van der Waals surface area (Å²) in [6.45, 7) is 13.1. The van der Waals surface area contributed by atoms with Crippen molar-refractivity contribution in [3.05, 3.63) is 0 Å². The van der Waals surface area contributed by atoms with Gasteiger partial charge in [0.15, 0.2) is 0 Å². The molecule has 25 heavy (non-hydrogen) atoms. The predicted molar refractivity (Wildman–Crippen MR) is 109 cm³/mol. The van der Waals surface area contributed by atoms with E-state index in [1.807, 2.05) is 20.8 Å². The molecule has 1 nitrogen and oxygen atoms in total. The summed E-state index contributed by atoms with van der Waals surface area (Å²) >= 11 is 0. The van der Waals surface area contributed by atoms with Crippen molar-refractivity contribution in [3.63, 3.8) is 0 Å². The minimum atomic E-state index is 0.335. The van der Waals surface area contributed by atoms with Crippen molar-refractivity contribution in [2.24, 2.45) is 40.9 Å². The van der Waals surface area contributed by atoms with Crippen LogP contribution in [0, 0.1) is 40.9 Å². The Morgan fingerprint density at radius 1 is 0.920 bits per heavy atom. The molecule has 7 atom stereocenters. The number of carbonyl (C=O) groups is 1. The lowest BCUT2D eigenvalue weighted by Gasteiger charge is -2.54. The highest BCUT2D eigenvalue weighted by Crippen LogP contribution is 2.63. The quantitative estimate of drug-likeness (QED) is 0.510. The fourth-order valence-electron chi connectivity index (χ4n) is 7.41. The maximum absolute atomic E-state index is 12.2. The Morgan fingerprint density at radius 2 is 1.60 bits per heavy atom. The average molecular weight is 349 g/mol. The van der Waals surface area contributed by atoms with Crippen LogP contribution in [0.4, 0.5) is 0 Å². The summed E-state index contributed by atoms with van der Waals surface area (Å²) in [6, 6.07) is 0. The molecule has 0 saturated heterocycles. The van der Waals surface area contributed by atoms with Crippen molar-refractivity contribution in [3.8, 4) is 0 Å². The number of hydrogen-bond donors (Lipinski definition) is 0. The van der Waals surface area contributed by atoms with Crippen LogP contribution in [0.3, 0.4) is 0 Å². The number of fused-ring (bicyclic) bond motifs is 3. The van der Waals surface area contributed by atoms with E-state index in [2.05, 4.69) is 20.8 Å². The molecular weight excluding hydrogens is 304 g/mol. The second-order valence-corrected chi connectivity index (χ2v) is 9.30. The van der Waals surface area contributed by atoms with Crippen molar-refractivity contribution in [2.45, 2.75) is 106 Å². The van der Waals surface area contributed by atoms with Crippen LogP contribution in [0.15, 0.2) is 0 Å². The highest BCUT2D eigenvalue weighted by Gasteiger charge is 2.57. The van der Waals surface area contributed by atoms with Gasteiger partial charge in [0.2, 0.25) is 0 Å². The number of ketones is 1. The largest absolute Gasteiger partial charge is 0.300 e. The maximum Gasteiger partial charge on any atom is 0.133 e.